The minimum absolute atomic E-state index is 0.170. The molecule has 104 valence electrons. The number of fused-ring (bicyclic) bond motifs is 1. The summed E-state index contributed by atoms with van der Waals surface area (Å²) >= 11 is 0. The van der Waals surface area contributed by atoms with Gasteiger partial charge in [-0.05, 0) is 49.7 Å². The summed E-state index contributed by atoms with van der Waals surface area (Å²) in [6.45, 7) is 3.95. The molecule has 0 radical (unpaired) electrons. The molecule has 1 aromatic heterocycles. The van der Waals surface area contributed by atoms with E-state index in [0.29, 0.717) is 11.4 Å². The SMILES string of the molecule is Cc1cc(-c2ccc(P)cc2F)c2c(n1)OC(C)CC2. The monoisotopic (exact) mass is 289 g/mol. The van der Waals surface area contributed by atoms with Crippen LogP contribution in [0.4, 0.5) is 4.39 Å². The quantitative estimate of drug-likeness (QED) is 0.751. The fourth-order valence-corrected chi connectivity index (χ4v) is 2.84. The fraction of sp³-hybridized carbons (Fsp3) is 0.312. The minimum Gasteiger partial charge on any atom is -0.474 e. The molecule has 4 heteroatoms. The van der Waals surface area contributed by atoms with Gasteiger partial charge in [-0.1, -0.05) is 12.1 Å². The first-order valence-corrected chi connectivity index (χ1v) is 7.35. The maximum absolute atomic E-state index is 14.2. The average molecular weight is 289 g/mol. The molecular formula is C16H17FNOP. The van der Waals surface area contributed by atoms with E-state index in [1.165, 1.54) is 6.07 Å². The Morgan fingerprint density at radius 2 is 2.10 bits per heavy atom. The molecule has 0 amide bonds. The Kier molecular flexibility index (Phi) is 3.47. The van der Waals surface area contributed by atoms with E-state index in [4.69, 9.17) is 4.74 Å². The van der Waals surface area contributed by atoms with Gasteiger partial charge in [0, 0.05) is 16.8 Å². The minimum atomic E-state index is -0.205. The highest BCUT2D eigenvalue weighted by molar-refractivity contribution is 7.27. The van der Waals surface area contributed by atoms with Crippen LogP contribution in [0.3, 0.4) is 0 Å². The van der Waals surface area contributed by atoms with Crippen molar-refractivity contribution in [3.63, 3.8) is 0 Å². The van der Waals surface area contributed by atoms with Crippen LogP contribution in [0.5, 0.6) is 5.88 Å². The van der Waals surface area contributed by atoms with Crippen LogP contribution in [0.15, 0.2) is 24.3 Å². The summed E-state index contributed by atoms with van der Waals surface area (Å²) in [4.78, 5) is 4.45. The lowest BCUT2D eigenvalue weighted by molar-refractivity contribution is 0.183. The Balaban J connectivity index is 2.18. The van der Waals surface area contributed by atoms with Gasteiger partial charge in [0.1, 0.15) is 5.82 Å². The van der Waals surface area contributed by atoms with Gasteiger partial charge in [-0.3, -0.25) is 0 Å². The smallest absolute Gasteiger partial charge is 0.217 e. The molecule has 0 bridgehead atoms. The Hall–Kier alpha value is -1.47. The van der Waals surface area contributed by atoms with Crippen molar-refractivity contribution in [3.05, 3.63) is 41.3 Å². The van der Waals surface area contributed by atoms with Crippen LogP contribution in [0.2, 0.25) is 0 Å². The molecule has 0 fully saturated rings. The topological polar surface area (TPSA) is 22.1 Å². The van der Waals surface area contributed by atoms with Crippen molar-refractivity contribution in [1.82, 2.24) is 4.98 Å². The van der Waals surface area contributed by atoms with E-state index in [0.717, 1.165) is 35.0 Å². The average Bonchev–Trinajstić information content (AvgIpc) is 2.37. The largest absolute Gasteiger partial charge is 0.474 e. The summed E-state index contributed by atoms with van der Waals surface area (Å²) in [6.07, 6.45) is 1.99. The maximum Gasteiger partial charge on any atom is 0.217 e. The highest BCUT2D eigenvalue weighted by Gasteiger charge is 2.22. The van der Waals surface area contributed by atoms with Gasteiger partial charge in [-0.15, -0.1) is 9.24 Å². The number of nitrogens with zero attached hydrogens (tertiary/aromatic N) is 1. The van der Waals surface area contributed by atoms with Crippen LogP contribution in [0, 0.1) is 12.7 Å². The van der Waals surface area contributed by atoms with Crippen LogP contribution in [-0.2, 0) is 6.42 Å². The molecule has 0 saturated carbocycles. The van der Waals surface area contributed by atoms with E-state index >= 15 is 0 Å². The molecule has 1 aliphatic heterocycles. The predicted octanol–water partition coefficient (Wildman–Crippen LogP) is 3.41. The van der Waals surface area contributed by atoms with Crippen molar-refractivity contribution >= 4 is 14.5 Å². The zero-order valence-corrected chi connectivity index (χ0v) is 12.8. The van der Waals surface area contributed by atoms with Gasteiger partial charge in [-0.2, -0.15) is 0 Å². The number of halogens is 1. The Labute approximate surface area is 120 Å². The Morgan fingerprint density at radius 1 is 1.30 bits per heavy atom. The molecule has 1 aliphatic rings. The second-order valence-corrected chi connectivity index (χ2v) is 5.97. The maximum atomic E-state index is 14.2. The van der Waals surface area contributed by atoms with Gasteiger partial charge in [0.2, 0.25) is 5.88 Å². The van der Waals surface area contributed by atoms with Crippen LogP contribution < -0.4 is 10.0 Å². The second-order valence-electron chi connectivity index (χ2n) is 5.30. The number of benzene rings is 1. The molecule has 2 aromatic rings. The van der Waals surface area contributed by atoms with Gasteiger partial charge in [0.15, 0.2) is 0 Å². The van der Waals surface area contributed by atoms with Crippen molar-refractivity contribution in [3.8, 4) is 17.0 Å². The van der Waals surface area contributed by atoms with E-state index in [1.54, 1.807) is 0 Å². The van der Waals surface area contributed by atoms with Gasteiger partial charge in [0.25, 0.3) is 0 Å². The number of aromatic nitrogens is 1. The van der Waals surface area contributed by atoms with Crippen LogP contribution in [0.1, 0.15) is 24.6 Å². The molecule has 2 atom stereocenters. The van der Waals surface area contributed by atoms with Crippen molar-refractivity contribution in [2.24, 2.45) is 0 Å². The third-order valence-corrected chi connectivity index (χ3v) is 3.97. The van der Waals surface area contributed by atoms with E-state index < -0.39 is 0 Å². The number of ether oxygens (including phenoxy) is 1. The molecule has 0 N–H and O–H groups in total. The van der Waals surface area contributed by atoms with Gasteiger partial charge >= 0.3 is 0 Å². The van der Waals surface area contributed by atoms with E-state index in [1.807, 2.05) is 32.0 Å². The lowest BCUT2D eigenvalue weighted by Crippen LogP contribution is -2.20. The van der Waals surface area contributed by atoms with E-state index in [-0.39, 0.29) is 11.9 Å². The zero-order valence-electron chi connectivity index (χ0n) is 11.6. The number of hydrogen-bond acceptors (Lipinski definition) is 2. The summed E-state index contributed by atoms with van der Waals surface area (Å²) in [5.41, 5.74) is 3.39. The molecular weight excluding hydrogens is 272 g/mol. The van der Waals surface area contributed by atoms with Crippen LogP contribution >= 0.6 is 9.24 Å². The number of pyridine rings is 1. The van der Waals surface area contributed by atoms with E-state index in [9.17, 15) is 4.39 Å². The first-order chi connectivity index (χ1) is 9.54. The molecule has 2 unspecified atom stereocenters. The summed E-state index contributed by atoms with van der Waals surface area (Å²) in [6, 6.07) is 7.20. The third-order valence-electron chi connectivity index (χ3n) is 3.61. The number of rotatable bonds is 1. The molecule has 0 aliphatic carbocycles. The summed E-state index contributed by atoms with van der Waals surface area (Å²) in [7, 11) is 2.51. The molecule has 2 nitrogen and oxygen atoms in total. The van der Waals surface area contributed by atoms with Crippen molar-refractivity contribution < 1.29 is 9.13 Å². The standard InChI is InChI=1S/C16H17FNOP/c1-9-7-14(12-6-4-11(20)8-15(12)17)13-5-3-10(2)19-16(13)18-9/h4,6-8,10H,3,5,20H2,1-2H3. The van der Waals surface area contributed by atoms with Crippen molar-refractivity contribution in [1.29, 1.82) is 0 Å². The van der Waals surface area contributed by atoms with Crippen molar-refractivity contribution in [2.75, 3.05) is 0 Å². The lowest BCUT2D eigenvalue weighted by atomic mass is 9.94. The molecule has 0 spiro atoms. The third kappa shape index (κ3) is 2.43. The summed E-state index contributed by atoms with van der Waals surface area (Å²) in [5.74, 6) is 0.456. The Morgan fingerprint density at radius 3 is 2.85 bits per heavy atom. The molecule has 1 aromatic carbocycles. The number of aryl methyl sites for hydroxylation is 1. The van der Waals surface area contributed by atoms with Gasteiger partial charge in [-0.25, -0.2) is 9.37 Å². The van der Waals surface area contributed by atoms with Gasteiger partial charge in [0.05, 0.1) is 6.10 Å². The van der Waals surface area contributed by atoms with E-state index in [2.05, 4.69) is 14.2 Å². The normalized spacial score (nSPS) is 17.5. The predicted molar refractivity (Wildman–Crippen MR) is 82.1 cm³/mol. The second kappa shape index (κ2) is 5.14. The molecule has 20 heavy (non-hydrogen) atoms. The molecule has 0 saturated heterocycles. The first kappa shape index (κ1) is 13.5. The van der Waals surface area contributed by atoms with Crippen LogP contribution in [-0.4, -0.2) is 11.1 Å². The first-order valence-electron chi connectivity index (χ1n) is 6.77. The number of hydrogen-bond donors (Lipinski definition) is 0. The molecule has 2 heterocycles. The fourth-order valence-electron chi connectivity index (χ4n) is 2.60. The highest BCUT2D eigenvalue weighted by Crippen LogP contribution is 2.36. The lowest BCUT2D eigenvalue weighted by Gasteiger charge is -2.25. The van der Waals surface area contributed by atoms with Gasteiger partial charge < -0.3 is 4.74 Å². The molecule has 3 rings (SSSR count). The zero-order chi connectivity index (χ0) is 14.3. The van der Waals surface area contributed by atoms with Crippen LogP contribution in [0.25, 0.3) is 11.1 Å². The Bertz CT molecular complexity index is 672. The summed E-state index contributed by atoms with van der Waals surface area (Å²) in [5, 5.41) is 0.843. The highest BCUT2D eigenvalue weighted by atomic mass is 31.0. The summed E-state index contributed by atoms with van der Waals surface area (Å²) < 4.78 is 20.0. The van der Waals surface area contributed by atoms with Crippen molar-refractivity contribution in [2.45, 2.75) is 32.8 Å².